The molecule has 2 aromatic carbocycles. The number of rotatable bonds is 2. The Morgan fingerprint density at radius 3 is 2.35 bits per heavy atom. The number of aromatic hydroxyl groups is 1. The molecule has 0 heterocycles. The zero-order chi connectivity index (χ0) is 14.2. The molecular formula is C19H24O. The summed E-state index contributed by atoms with van der Waals surface area (Å²) in [5, 5.41) is 12.3. The summed E-state index contributed by atoms with van der Waals surface area (Å²) in [5.41, 5.74) is 1.68. The molecule has 1 heteroatoms. The van der Waals surface area contributed by atoms with Crippen LogP contribution in [0.15, 0.2) is 36.4 Å². The van der Waals surface area contributed by atoms with Gasteiger partial charge in [-0.15, -0.1) is 0 Å². The largest absolute Gasteiger partial charge is 0.507 e. The summed E-state index contributed by atoms with van der Waals surface area (Å²) in [6.07, 6.45) is 6.51. The van der Waals surface area contributed by atoms with Crippen molar-refractivity contribution in [1.29, 1.82) is 0 Å². The number of phenols is 1. The smallest absolute Gasteiger partial charge is 0.123 e. The van der Waals surface area contributed by atoms with E-state index in [1.54, 1.807) is 0 Å². The molecule has 1 saturated carbocycles. The minimum absolute atomic E-state index is 0.263. The van der Waals surface area contributed by atoms with E-state index in [0.29, 0.717) is 5.75 Å². The van der Waals surface area contributed by atoms with E-state index in [0.717, 1.165) is 11.3 Å². The lowest BCUT2D eigenvalue weighted by Gasteiger charge is -2.38. The molecule has 106 valence electrons. The van der Waals surface area contributed by atoms with Crippen LogP contribution < -0.4 is 0 Å². The predicted octanol–water partition coefficient (Wildman–Crippen LogP) is 5.40. The van der Waals surface area contributed by atoms with Crippen molar-refractivity contribution in [3.8, 4) is 5.75 Å². The Labute approximate surface area is 121 Å². The van der Waals surface area contributed by atoms with E-state index in [1.807, 2.05) is 18.2 Å². The Kier molecular flexibility index (Phi) is 3.45. The highest BCUT2D eigenvalue weighted by Crippen LogP contribution is 2.45. The van der Waals surface area contributed by atoms with E-state index >= 15 is 0 Å². The molecular weight excluding hydrogens is 244 g/mol. The SMILES string of the molecule is CCC1CCC(C)(c2ccc(O)c3ccccc23)CC1. The molecule has 0 aliphatic heterocycles. The van der Waals surface area contributed by atoms with Gasteiger partial charge in [-0.25, -0.2) is 0 Å². The fraction of sp³-hybridized carbons (Fsp3) is 0.474. The molecule has 0 unspecified atom stereocenters. The van der Waals surface area contributed by atoms with Crippen LogP contribution in [0, 0.1) is 5.92 Å². The first-order valence-electron chi connectivity index (χ1n) is 7.85. The Morgan fingerprint density at radius 1 is 1.05 bits per heavy atom. The van der Waals surface area contributed by atoms with E-state index in [-0.39, 0.29) is 5.41 Å². The third-order valence-electron chi connectivity index (χ3n) is 5.34. The molecule has 0 saturated heterocycles. The van der Waals surface area contributed by atoms with E-state index in [1.165, 1.54) is 43.1 Å². The Hall–Kier alpha value is -1.50. The molecule has 0 radical (unpaired) electrons. The first-order chi connectivity index (χ1) is 9.64. The average molecular weight is 268 g/mol. The van der Waals surface area contributed by atoms with Gasteiger partial charge in [0.05, 0.1) is 0 Å². The Balaban J connectivity index is 2.04. The quantitative estimate of drug-likeness (QED) is 0.772. The maximum absolute atomic E-state index is 10.1. The minimum Gasteiger partial charge on any atom is -0.507 e. The molecule has 0 amide bonds. The van der Waals surface area contributed by atoms with Crippen molar-refractivity contribution in [2.45, 2.75) is 51.4 Å². The van der Waals surface area contributed by atoms with Crippen molar-refractivity contribution in [2.24, 2.45) is 5.92 Å². The van der Waals surface area contributed by atoms with Crippen molar-refractivity contribution >= 4 is 10.8 Å². The van der Waals surface area contributed by atoms with Crippen molar-refractivity contribution < 1.29 is 5.11 Å². The second-order valence-electron chi connectivity index (χ2n) is 6.59. The average Bonchev–Trinajstić information content (AvgIpc) is 2.48. The van der Waals surface area contributed by atoms with Crippen molar-refractivity contribution in [3.63, 3.8) is 0 Å². The lowest BCUT2D eigenvalue weighted by molar-refractivity contribution is 0.244. The fourth-order valence-electron chi connectivity index (χ4n) is 3.80. The van der Waals surface area contributed by atoms with Gasteiger partial charge in [0.15, 0.2) is 0 Å². The van der Waals surface area contributed by atoms with Gasteiger partial charge in [0, 0.05) is 5.39 Å². The zero-order valence-electron chi connectivity index (χ0n) is 12.5. The van der Waals surface area contributed by atoms with Gasteiger partial charge >= 0.3 is 0 Å². The van der Waals surface area contributed by atoms with Gasteiger partial charge in [-0.2, -0.15) is 0 Å². The second kappa shape index (κ2) is 5.12. The maximum Gasteiger partial charge on any atom is 0.123 e. The van der Waals surface area contributed by atoms with Gasteiger partial charge in [0.1, 0.15) is 5.75 Å². The Bertz CT molecular complexity index is 606. The summed E-state index contributed by atoms with van der Waals surface area (Å²) >= 11 is 0. The number of hydrogen-bond acceptors (Lipinski definition) is 1. The molecule has 20 heavy (non-hydrogen) atoms. The molecule has 0 atom stereocenters. The first-order valence-corrected chi connectivity index (χ1v) is 7.85. The van der Waals surface area contributed by atoms with Gasteiger partial charge in [-0.1, -0.05) is 50.6 Å². The second-order valence-corrected chi connectivity index (χ2v) is 6.59. The summed E-state index contributed by atoms with van der Waals surface area (Å²) in [7, 11) is 0. The highest BCUT2D eigenvalue weighted by molar-refractivity contribution is 5.91. The third-order valence-corrected chi connectivity index (χ3v) is 5.34. The summed E-state index contributed by atoms with van der Waals surface area (Å²) in [4.78, 5) is 0. The van der Waals surface area contributed by atoms with Crippen molar-refractivity contribution in [3.05, 3.63) is 42.0 Å². The van der Waals surface area contributed by atoms with Crippen molar-refractivity contribution in [2.75, 3.05) is 0 Å². The van der Waals surface area contributed by atoms with Crippen LogP contribution in [0.3, 0.4) is 0 Å². The topological polar surface area (TPSA) is 20.2 Å². The van der Waals surface area contributed by atoms with Gasteiger partial charge in [-0.3, -0.25) is 0 Å². The minimum atomic E-state index is 0.263. The van der Waals surface area contributed by atoms with Crippen molar-refractivity contribution in [1.82, 2.24) is 0 Å². The van der Waals surface area contributed by atoms with Gasteiger partial charge in [-0.05, 0) is 54.0 Å². The molecule has 1 N–H and O–H groups in total. The fourth-order valence-corrected chi connectivity index (χ4v) is 3.80. The number of phenolic OH excluding ortho intramolecular Hbond substituents is 1. The van der Waals surface area contributed by atoms with Crippen LogP contribution in [0.2, 0.25) is 0 Å². The molecule has 3 rings (SSSR count). The van der Waals surface area contributed by atoms with Crippen LogP contribution in [0.5, 0.6) is 5.75 Å². The van der Waals surface area contributed by atoms with E-state index in [2.05, 4.69) is 32.0 Å². The third kappa shape index (κ3) is 2.19. The first kappa shape index (κ1) is 13.5. The van der Waals surface area contributed by atoms with Gasteiger partial charge in [0.25, 0.3) is 0 Å². The number of hydrogen-bond donors (Lipinski definition) is 1. The Morgan fingerprint density at radius 2 is 1.70 bits per heavy atom. The summed E-state index contributed by atoms with van der Waals surface area (Å²) in [6.45, 7) is 4.71. The number of fused-ring (bicyclic) bond motifs is 1. The standard InChI is InChI=1S/C19H24O/c1-3-14-10-12-19(2,13-11-14)17-8-9-18(20)16-7-5-4-6-15(16)17/h4-9,14,20H,3,10-13H2,1-2H3. The van der Waals surface area contributed by atoms with Gasteiger partial charge in [0.2, 0.25) is 0 Å². The normalized spacial score (nSPS) is 26.8. The molecule has 1 aliphatic rings. The maximum atomic E-state index is 10.1. The lowest BCUT2D eigenvalue weighted by atomic mass is 9.66. The number of benzene rings is 2. The van der Waals surface area contributed by atoms with Crippen LogP contribution >= 0.6 is 0 Å². The summed E-state index contributed by atoms with van der Waals surface area (Å²) < 4.78 is 0. The van der Waals surface area contributed by atoms with Crippen LogP contribution in [-0.4, -0.2) is 5.11 Å². The van der Waals surface area contributed by atoms with Crippen LogP contribution in [0.1, 0.15) is 51.5 Å². The van der Waals surface area contributed by atoms with Crippen LogP contribution in [0.4, 0.5) is 0 Å². The lowest BCUT2D eigenvalue weighted by Crippen LogP contribution is -2.28. The van der Waals surface area contributed by atoms with Gasteiger partial charge < -0.3 is 5.11 Å². The molecule has 0 aromatic heterocycles. The summed E-state index contributed by atoms with van der Waals surface area (Å²) in [6, 6.07) is 12.3. The predicted molar refractivity (Wildman–Crippen MR) is 85.2 cm³/mol. The van der Waals surface area contributed by atoms with E-state index in [4.69, 9.17) is 0 Å². The molecule has 0 bridgehead atoms. The zero-order valence-corrected chi connectivity index (χ0v) is 12.5. The molecule has 1 fully saturated rings. The van der Waals surface area contributed by atoms with E-state index < -0.39 is 0 Å². The molecule has 1 nitrogen and oxygen atoms in total. The molecule has 2 aromatic rings. The summed E-state index contributed by atoms with van der Waals surface area (Å²) in [5.74, 6) is 1.31. The molecule has 0 spiro atoms. The molecule has 1 aliphatic carbocycles. The van der Waals surface area contributed by atoms with Crippen LogP contribution in [-0.2, 0) is 5.41 Å². The van der Waals surface area contributed by atoms with Crippen LogP contribution in [0.25, 0.3) is 10.8 Å². The monoisotopic (exact) mass is 268 g/mol. The van der Waals surface area contributed by atoms with E-state index in [9.17, 15) is 5.11 Å². The highest BCUT2D eigenvalue weighted by Gasteiger charge is 2.33. The highest BCUT2D eigenvalue weighted by atomic mass is 16.3.